The summed E-state index contributed by atoms with van der Waals surface area (Å²) in [6, 6.07) is 8.29. The number of aromatic nitrogens is 3. The molecule has 0 amide bonds. The summed E-state index contributed by atoms with van der Waals surface area (Å²) >= 11 is 0. The molecule has 1 aromatic carbocycles. The van der Waals surface area contributed by atoms with Crippen molar-refractivity contribution in [2.45, 2.75) is 13.3 Å². The van der Waals surface area contributed by atoms with E-state index in [0.717, 1.165) is 24.3 Å². The molecule has 0 saturated carbocycles. The fourth-order valence-corrected chi connectivity index (χ4v) is 1.58. The van der Waals surface area contributed by atoms with Crippen LogP contribution in [0.5, 0.6) is 0 Å². The summed E-state index contributed by atoms with van der Waals surface area (Å²) in [6.07, 6.45) is 2.74. The van der Waals surface area contributed by atoms with E-state index in [1.807, 2.05) is 17.9 Å². The maximum atomic E-state index is 4.11. The molecule has 0 unspecified atom stereocenters. The van der Waals surface area contributed by atoms with Crippen LogP contribution in [-0.4, -0.2) is 28.6 Å². The van der Waals surface area contributed by atoms with Gasteiger partial charge in [0.2, 0.25) is 0 Å². The standard InChI is InChI=1S/C12H16N4/c1-10-3-5-11(6-4-10)16-12(7-8-13-2)9-14-15-16/h3-6,9,13H,7-8H2,1-2H3. The van der Waals surface area contributed by atoms with Crippen molar-refractivity contribution in [3.63, 3.8) is 0 Å². The van der Waals surface area contributed by atoms with Crippen LogP contribution in [0.2, 0.25) is 0 Å². The van der Waals surface area contributed by atoms with Crippen molar-refractivity contribution in [1.29, 1.82) is 0 Å². The maximum absolute atomic E-state index is 4.11. The number of aryl methyl sites for hydroxylation is 1. The molecule has 0 aliphatic carbocycles. The lowest BCUT2D eigenvalue weighted by molar-refractivity contribution is 0.720. The predicted octanol–water partition coefficient (Wildman–Crippen LogP) is 1.34. The largest absolute Gasteiger partial charge is 0.319 e. The van der Waals surface area contributed by atoms with Crippen molar-refractivity contribution in [1.82, 2.24) is 20.3 Å². The number of hydrogen-bond acceptors (Lipinski definition) is 3. The number of nitrogens with zero attached hydrogens (tertiary/aromatic N) is 3. The smallest absolute Gasteiger partial charge is 0.0730 e. The average Bonchev–Trinajstić information content (AvgIpc) is 2.75. The highest BCUT2D eigenvalue weighted by Crippen LogP contribution is 2.10. The first kappa shape index (κ1) is 10.8. The third kappa shape index (κ3) is 2.28. The van der Waals surface area contributed by atoms with Gasteiger partial charge in [-0.25, -0.2) is 4.68 Å². The Morgan fingerprint density at radius 3 is 2.69 bits per heavy atom. The highest BCUT2D eigenvalue weighted by molar-refractivity contribution is 5.34. The molecule has 4 heteroatoms. The lowest BCUT2D eigenvalue weighted by atomic mass is 10.2. The van der Waals surface area contributed by atoms with Crippen LogP contribution in [0.3, 0.4) is 0 Å². The fourth-order valence-electron chi connectivity index (χ4n) is 1.58. The van der Waals surface area contributed by atoms with E-state index in [2.05, 4.69) is 46.8 Å². The number of benzene rings is 1. The lowest BCUT2D eigenvalue weighted by Gasteiger charge is -2.06. The fraction of sp³-hybridized carbons (Fsp3) is 0.333. The molecule has 0 bridgehead atoms. The molecular formula is C12H16N4. The van der Waals surface area contributed by atoms with Crippen LogP contribution in [0.15, 0.2) is 30.5 Å². The molecule has 1 aromatic heterocycles. The Labute approximate surface area is 95.3 Å². The summed E-state index contributed by atoms with van der Waals surface area (Å²) in [6.45, 7) is 3.01. The normalized spacial score (nSPS) is 10.6. The first-order valence-electron chi connectivity index (χ1n) is 5.42. The average molecular weight is 216 g/mol. The molecule has 2 rings (SSSR count). The van der Waals surface area contributed by atoms with Crippen LogP contribution in [0.4, 0.5) is 0 Å². The molecule has 0 radical (unpaired) electrons. The van der Waals surface area contributed by atoms with Crippen molar-refractivity contribution < 1.29 is 0 Å². The molecule has 0 saturated heterocycles. The van der Waals surface area contributed by atoms with E-state index in [1.54, 1.807) is 0 Å². The number of nitrogens with one attached hydrogen (secondary N) is 1. The summed E-state index contributed by atoms with van der Waals surface area (Å²) in [5, 5.41) is 11.2. The molecule has 4 nitrogen and oxygen atoms in total. The zero-order valence-electron chi connectivity index (χ0n) is 9.64. The lowest BCUT2D eigenvalue weighted by Crippen LogP contribution is -2.13. The summed E-state index contributed by atoms with van der Waals surface area (Å²) in [5.41, 5.74) is 3.44. The number of hydrogen-bond donors (Lipinski definition) is 1. The minimum Gasteiger partial charge on any atom is -0.319 e. The predicted molar refractivity (Wildman–Crippen MR) is 63.7 cm³/mol. The van der Waals surface area contributed by atoms with Gasteiger partial charge < -0.3 is 5.32 Å². The summed E-state index contributed by atoms with van der Waals surface area (Å²) in [7, 11) is 1.94. The molecule has 84 valence electrons. The number of likely N-dealkylation sites (N-methyl/N-ethyl adjacent to an activating group) is 1. The van der Waals surface area contributed by atoms with Crippen LogP contribution >= 0.6 is 0 Å². The van der Waals surface area contributed by atoms with E-state index >= 15 is 0 Å². The van der Waals surface area contributed by atoms with E-state index in [0.29, 0.717) is 0 Å². The van der Waals surface area contributed by atoms with Gasteiger partial charge in [-0.2, -0.15) is 0 Å². The molecule has 0 aliphatic rings. The Balaban J connectivity index is 2.26. The van der Waals surface area contributed by atoms with Gasteiger partial charge in [0.25, 0.3) is 0 Å². The van der Waals surface area contributed by atoms with E-state index in [-0.39, 0.29) is 0 Å². The Kier molecular flexibility index (Phi) is 3.31. The minimum atomic E-state index is 0.928. The van der Waals surface area contributed by atoms with E-state index < -0.39 is 0 Å². The molecular weight excluding hydrogens is 200 g/mol. The second-order valence-electron chi connectivity index (χ2n) is 3.83. The highest BCUT2D eigenvalue weighted by atomic mass is 15.4. The monoisotopic (exact) mass is 216 g/mol. The molecule has 0 atom stereocenters. The maximum Gasteiger partial charge on any atom is 0.0730 e. The highest BCUT2D eigenvalue weighted by Gasteiger charge is 2.04. The summed E-state index contributed by atoms with van der Waals surface area (Å²) < 4.78 is 1.89. The summed E-state index contributed by atoms with van der Waals surface area (Å²) in [4.78, 5) is 0. The van der Waals surface area contributed by atoms with Crippen molar-refractivity contribution >= 4 is 0 Å². The van der Waals surface area contributed by atoms with E-state index in [1.165, 1.54) is 5.56 Å². The van der Waals surface area contributed by atoms with Gasteiger partial charge in [-0.3, -0.25) is 0 Å². The summed E-state index contributed by atoms with van der Waals surface area (Å²) in [5.74, 6) is 0. The zero-order valence-corrected chi connectivity index (χ0v) is 9.64. The van der Waals surface area contributed by atoms with Gasteiger partial charge in [0.05, 0.1) is 17.6 Å². The molecule has 16 heavy (non-hydrogen) atoms. The molecule has 1 heterocycles. The molecule has 0 aliphatic heterocycles. The van der Waals surface area contributed by atoms with Gasteiger partial charge in [-0.1, -0.05) is 22.9 Å². The van der Waals surface area contributed by atoms with Crippen LogP contribution in [-0.2, 0) is 6.42 Å². The van der Waals surface area contributed by atoms with Gasteiger partial charge in [0.15, 0.2) is 0 Å². The van der Waals surface area contributed by atoms with Crippen molar-refractivity contribution in [3.05, 3.63) is 41.7 Å². The Hall–Kier alpha value is -1.68. The molecule has 0 fully saturated rings. The van der Waals surface area contributed by atoms with E-state index in [4.69, 9.17) is 0 Å². The van der Waals surface area contributed by atoms with Gasteiger partial charge in [-0.15, -0.1) is 5.10 Å². The van der Waals surface area contributed by atoms with Crippen LogP contribution < -0.4 is 5.32 Å². The van der Waals surface area contributed by atoms with Crippen molar-refractivity contribution in [2.24, 2.45) is 0 Å². The Bertz CT molecular complexity index is 444. The number of rotatable bonds is 4. The molecule has 1 N–H and O–H groups in total. The van der Waals surface area contributed by atoms with Crippen molar-refractivity contribution in [2.75, 3.05) is 13.6 Å². The van der Waals surface area contributed by atoms with Crippen molar-refractivity contribution in [3.8, 4) is 5.69 Å². The Morgan fingerprint density at radius 2 is 2.00 bits per heavy atom. The first-order valence-corrected chi connectivity index (χ1v) is 5.42. The van der Waals surface area contributed by atoms with Crippen LogP contribution in [0.25, 0.3) is 5.69 Å². The third-order valence-electron chi connectivity index (χ3n) is 2.53. The third-order valence-corrected chi connectivity index (χ3v) is 2.53. The topological polar surface area (TPSA) is 42.7 Å². The van der Waals surface area contributed by atoms with Gasteiger partial charge in [0.1, 0.15) is 0 Å². The first-order chi connectivity index (χ1) is 7.81. The second-order valence-corrected chi connectivity index (χ2v) is 3.83. The second kappa shape index (κ2) is 4.90. The Morgan fingerprint density at radius 1 is 1.25 bits per heavy atom. The SMILES string of the molecule is CNCCc1cnnn1-c1ccc(C)cc1. The van der Waals surface area contributed by atoms with Crippen LogP contribution in [0, 0.1) is 6.92 Å². The molecule has 2 aromatic rings. The zero-order chi connectivity index (χ0) is 11.4. The van der Waals surface area contributed by atoms with Gasteiger partial charge >= 0.3 is 0 Å². The van der Waals surface area contributed by atoms with E-state index in [9.17, 15) is 0 Å². The molecule has 0 spiro atoms. The minimum absolute atomic E-state index is 0.928. The van der Waals surface area contributed by atoms with Crippen LogP contribution in [0.1, 0.15) is 11.3 Å². The van der Waals surface area contributed by atoms with Gasteiger partial charge in [0, 0.05) is 13.0 Å². The quantitative estimate of drug-likeness (QED) is 0.838. The van der Waals surface area contributed by atoms with Gasteiger partial charge in [-0.05, 0) is 26.1 Å².